The number of carbonyl (C=O) groups excluding carboxylic acids is 1. The molecule has 3 N–H and O–H groups in total. The highest BCUT2D eigenvalue weighted by molar-refractivity contribution is 9.10. The molecule has 0 atom stereocenters. The van der Waals surface area contributed by atoms with Gasteiger partial charge in [-0.05, 0) is 24.3 Å². The Kier molecular flexibility index (Phi) is 4.94. The summed E-state index contributed by atoms with van der Waals surface area (Å²) in [4.78, 5) is 26.4. The molecule has 0 spiro atoms. The zero-order chi connectivity index (χ0) is 15.2. The summed E-state index contributed by atoms with van der Waals surface area (Å²) in [5, 5.41) is 14.0. The molecule has 0 saturated carbocycles. The van der Waals surface area contributed by atoms with Gasteiger partial charge in [-0.2, -0.15) is 0 Å². The first-order valence-electron chi connectivity index (χ1n) is 6.07. The molecule has 21 heavy (non-hydrogen) atoms. The molecule has 0 saturated heterocycles. The summed E-state index contributed by atoms with van der Waals surface area (Å²) in [6.45, 7) is -0.0476. The van der Waals surface area contributed by atoms with Gasteiger partial charge in [-0.15, -0.1) is 0 Å². The number of anilines is 1. The summed E-state index contributed by atoms with van der Waals surface area (Å²) in [5.74, 6) is -0.489. The zero-order valence-electron chi connectivity index (χ0n) is 10.9. The van der Waals surface area contributed by atoms with E-state index in [4.69, 9.17) is 5.11 Å². The van der Waals surface area contributed by atoms with Crippen LogP contribution in [0.1, 0.15) is 5.82 Å². The maximum atomic E-state index is 11.7. The summed E-state index contributed by atoms with van der Waals surface area (Å²) in [6.07, 6.45) is 3.05. The van der Waals surface area contributed by atoms with Crippen LogP contribution in [0.5, 0.6) is 0 Å². The van der Waals surface area contributed by atoms with E-state index >= 15 is 0 Å². The number of benzene rings is 1. The van der Waals surface area contributed by atoms with E-state index in [0.717, 1.165) is 4.47 Å². The number of hydrogen-bond donors (Lipinski definition) is 3. The fraction of sp³-hybridized carbons (Fsp3) is 0.154. The largest absolute Gasteiger partial charge is 0.480 e. The van der Waals surface area contributed by atoms with Gasteiger partial charge in [0.05, 0.1) is 6.54 Å². The first kappa shape index (κ1) is 15.0. The van der Waals surface area contributed by atoms with Crippen molar-refractivity contribution in [1.82, 2.24) is 14.9 Å². The number of nitrogens with zero attached hydrogens (tertiary/aromatic N) is 2. The van der Waals surface area contributed by atoms with E-state index < -0.39 is 5.97 Å². The summed E-state index contributed by atoms with van der Waals surface area (Å²) in [6, 6.07) is 6.76. The van der Waals surface area contributed by atoms with Crippen molar-refractivity contribution >= 4 is 33.6 Å². The van der Waals surface area contributed by atoms with Gasteiger partial charge in [-0.3, -0.25) is 4.79 Å². The second-order valence-electron chi connectivity index (χ2n) is 4.18. The van der Waals surface area contributed by atoms with Crippen molar-refractivity contribution in [3.05, 3.63) is 47.0 Å². The lowest BCUT2D eigenvalue weighted by atomic mass is 10.3. The average molecular weight is 353 g/mol. The van der Waals surface area contributed by atoms with Crippen LogP contribution < -0.4 is 10.6 Å². The van der Waals surface area contributed by atoms with E-state index in [0.29, 0.717) is 11.5 Å². The van der Waals surface area contributed by atoms with Crippen LogP contribution in [0.4, 0.5) is 10.5 Å². The minimum atomic E-state index is -0.964. The number of carboxylic acid groups (broad SMARTS) is 1. The number of amides is 2. The number of nitrogens with one attached hydrogen (secondary N) is 2. The van der Waals surface area contributed by atoms with Gasteiger partial charge < -0.3 is 20.3 Å². The molecule has 7 nitrogen and oxygen atoms in total. The summed E-state index contributed by atoms with van der Waals surface area (Å²) >= 11 is 3.31. The third-order valence-electron chi connectivity index (χ3n) is 2.62. The van der Waals surface area contributed by atoms with Gasteiger partial charge in [-0.1, -0.05) is 15.9 Å². The van der Waals surface area contributed by atoms with E-state index in [9.17, 15) is 9.59 Å². The average Bonchev–Trinajstić information content (AvgIpc) is 2.85. The molecule has 2 rings (SSSR count). The number of aliphatic carboxylic acids is 1. The third-order valence-corrected chi connectivity index (χ3v) is 3.15. The molecule has 0 bridgehead atoms. The number of rotatable bonds is 5. The Morgan fingerprint density at radius 1 is 1.29 bits per heavy atom. The molecule has 2 amide bonds. The Morgan fingerprint density at radius 2 is 2.00 bits per heavy atom. The smallest absolute Gasteiger partial charge is 0.323 e. The molecular formula is C13H13BrN4O3. The lowest BCUT2D eigenvalue weighted by Gasteiger charge is -2.08. The maximum absolute atomic E-state index is 11.7. The summed E-state index contributed by atoms with van der Waals surface area (Å²) in [7, 11) is 0. The minimum absolute atomic E-state index is 0.142. The Morgan fingerprint density at radius 3 is 2.67 bits per heavy atom. The summed E-state index contributed by atoms with van der Waals surface area (Å²) in [5.41, 5.74) is 0.657. The van der Waals surface area contributed by atoms with Gasteiger partial charge in [0.1, 0.15) is 12.4 Å². The minimum Gasteiger partial charge on any atom is -0.480 e. The van der Waals surface area contributed by atoms with Crippen molar-refractivity contribution < 1.29 is 14.7 Å². The van der Waals surface area contributed by atoms with E-state index in [-0.39, 0.29) is 19.1 Å². The molecule has 0 aliphatic carbocycles. The molecule has 0 aliphatic heterocycles. The molecular weight excluding hydrogens is 340 g/mol. The van der Waals surface area contributed by atoms with Crippen LogP contribution in [0.15, 0.2) is 41.1 Å². The Balaban J connectivity index is 1.88. The molecule has 0 radical (unpaired) electrons. The lowest BCUT2D eigenvalue weighted by molar-refractivity contribution is -0.137. The first-order chi connectivity index (χ1) is 10.0. The Hall–Kier alpha value is -2.35. The maximum Gasteiger partial charge on any atom is 0.323 e. The van der Waals surface area contributed by atoms with Crippen molar-refractivity contribution in [1.29, 1.82) is 0 Å². The topological polar surface area (TPSA) is 96.2 Å². The Labute approximate surface area is 129 Å². The van der Waals surface area contributed by atoms with Gasteiger partial charge in [-0.25, -0.2) is 9.78 Å². The number of hydrogen-bond acceptors (Lipinski definition) is 3. The van der Waals surface area contributed by atoms with Crippen molar-refractivity contribution in [2.45, 2.75) is 13.1 Å². The quantitative estimate of drug-likeness (QED) is 0.767. The molecule has 0 unspecified atom stereocenters. The van der Waals surface area contributed by atoms with E-state index in [1.165, 1.54) is 10.8 Å². The zero-order valence-corrected chi connectivity index (χ0v) is 12.5. The van der Waals surface area contributed by atoms with Crippen molar-refractivity contribution in [3.63, 3.8) is 0 Å². The molecule has 1 aromatic heterocycles. The van der Waals surface area contributed by atoms with Crippen LogP contribution in [0.25, 0.3) is 0 Å². The third kappa shape index (κ3) is 4.60. The lowest BCUT2D eigenvalue weighted by Crippen LogP contribution is -2.29. The van der Waals surface area contributed by atoms with Gasteiger partial charge in [0.25, 0.3) is 0 Å². The molecule has 8 heteroatoms. The predicted molar refractivity (Wildman–Crippen MR) is 79.9 cm³/mol. The Bertz CT molecular complexity index is 639. The summed E-state index contributed by atoms with van der Waals surface area (Å²) < 4.78 is 2.38. The van der Waals surface area contributed by atoms with Gasteiger partial charge in [0.15, 0.2) is 0 Å². The molecule has 110 valence electrons. The van der Waals surface area contributed by atoms with Crippen molar-refractivity contribution in [2.75, 3.05) is 5.32 Å². The van der Waals surface area contributed by atoms with Crippen LogP contribution in [0.2, 0.25) is 0 Å². The highest BCUT2D eigenvalue weighted by Gasteiger charge is 2.08. The first-order valence-corrected chi connectivity index (χ1v) is 6.86. The number of urea groups is 1. The van der Waals surface area contributed by atoms with Gasteiger partial charge in [0, 0.05) is 22.6 Å². The number of aromatic nitrogens is 2. The molecule has 0 fully saturated rings. The van der Waals surface area contributed by atoms with E-state index in [1.807, 2.05) is 12.1 Å². The molecule has 1 aromatic carbocycles. The van der Waals surface area contributed by atoms with Crippen molar-refractivity contribution in [2.24, 2.45) is 0 Å². The number of carboxylic acids is 1. The fourth-order valence-corrected chi connectivity index (χ4v) is 1.93. The standard InChI is InChI=1S/C13H13BrN4O3/c14-9-1-3-10(4-2-9)17-13(21)16-7-11-15-5-6-18(11)8-12(19)20/h1-6H,7-8H2,(H,19,20)(H2,16,17,21). The predicted octanol–water partition coefficient (Wildman–Crippen LogP) is 2.05. The highest BCUT2D eigenvalue weighted by atomic mass is 79.9. The van der Waals surface area contributed by atoms with Crippen LogP contribution in [-0.2, 0) is 17.9 Å². The van der Waals surface area contributed by atoms with Gasteiger partial charge >= 0.3 is 12.0 Å². The SMILES string of the molecule is O=C(O)Cn1ccnc1CNC(=O)Nc1ccc(Br)cc1. The van der Waals surface area contributed by atoms with Crippen LogP contribution in [0.3, 0.4) is 0 Å². The van der Waals surface area contributed by atoms with Crippen LogP contribution >= 0.6 is 15.9 Å². The molecule has 1 heterocycles. The van der Waals surface area contributed by atoms with Gasteiger partial charge in [0.2, 0.25) is 0 Å². The molecule has 2 aromatic rings. The number of halogens is 1. The number of carbonyl (C=O) groups is 2. The fourth-order valence-electron chi connectivity index (χ4n) is 1.66. The van der Waals surface area contributed by atoms with E-state index in [1.54, 1.807) is 18.3 Å². The highest BCUT2D eigenvalue weighted by Crippen LogP contribution is 2.13. The monoisotopic (exact) mass is 352 g/mol. The molecule has 0 aliphatic rings. The second-order valence-corrected chi connectivity index (χ2v) is 5.10. The van der Waals surface area contributed by atoms with Crippen molar-refractivity contribution in [3.8, 4) is 0 Å². The normalized spacial score (nSPS) is 10.1. The second kappa shape index (κ2) is 6.89. The van der Waals surface area contributed by atoms with Crippen LogP contribution in [-0.4, -0.2) is 26.7 Å². The van der Waals surface area contributed by atoms with Crippen LogP contribution in [0, 0.1) is 0 Å². The number of imidazole rings is 1. The van der Waals surface area contributed by atoms with E-state index in [2.05, 4.69) is 31.5 Å².